The molecule has 0 spiro atoms. The van der Waals surface area contributed by atoms with Crippen molar-refractivity contribution in [3.63, 3.8) is 0 Å². The van der Waals surface area contributed by atoms with Gasteiger partial charge in [-0.25, -0.2) is 4.79 Å². The van der Waals surface area contributed by atoms with Gasteiger partial charge in [0.25, 0.3) is 0 Å². The smallest absolute Gasteiger partial charge is 0.396 e. The summed E-state index contributed by atoms with van der Waals surface area (Å²) >= 11 is 5.71. The van der Waals surface area contributed by atoms with Crippen LogP contribution < -0.4 is 5.32 Å². The number of aromatic nitrogens is 1. The van der Waals surface area contributed by atoms with E-state index in [0.29, 0.717) is 10.7 Å². The zero-order valence-electron chi connectivity index (χ0n) is 7.99. The van der Waals surface area contributed by atoms with Crippen molar-refractivity contribution in [2.75, 3.05) is 7.11 Å². The maximum atomic E-state index is 11.0. The number of nitrogens with zero attached hydrogens (tertiary/aromatic N) is 1. The van der Waals surface area contributed by atoms with Crippen LogP contribution >= 0.6 is 11.6 Å². The molecule has 0 aliphatic heterocycles. The molecular formula is C9H9ClN2O3. The lowest BCUT2D eigenvalue weighted by molar-refractivity contribution is -0.152. The van der Waals surface area contributed by atoms with Crippen LogP contribution in [0.25, 0.3) is 0 Å². The molecule has 0 radical (unpaired) electrons. The van der Waals surface area contributed by atoms with Gasteiger partial charge in [0, 0.05) is 11.2 Å². The van der Waals surface area contributed by atoms with E-state index in [0.717, 1.165) is 7.11 Å². The maximum Gasteiger partial charge on any atom is 0.396 e. The molecule has 1 rings (SSSR count). The molecule has 0 aliphatic carbocycles. The number of amides is 1. The Hall–Kier alpha value is -1.62. The van der Waals surface area contributed by atoms with E-state index in [9.17, 15) is 9.59 Å². The number of rotatable bonds is 2. The Bertz CT molecular complexity index is 381. The number of methoxy groups -OCH3 is 1. The number of halogens is 1. The van der Waals surface area contributed by atoms with Crippen LogP contribution in [0, 0.1) is 0 Å². The molecule has 6 heteroatoms. The number of hydrogen-bond acceptors (Lipinski definition) is 4. The van der Waals surface area contributed by atoms with E-state index >= 15 is 0 Å². The van der Waals surface area contributed by atoms with E-state index < -0.39 is 11.9 Å². The van der Waals surface area contributed by atoms with E-state index in [1.807, 2.05) is 0 Å². The number of pyridine rings is 1. The largest absolute Gasteiger partial charge is 0.462 e. The third-order valence-corrected chi connectivity index (χ3v) is 1.81. The van der Waals surface area contributed by atoms with Gasteiger partial charge in [-0.15, -0.1) is 0 Å². The fourth-order valence-corrected chi connectivity index (χ4v) is 1.06. The Morgan fingerprint density at radius 3 is 2.93 bits per heavy atom. The summed E-state index contributed by atoms with van der Waals surface area (Å²) in [6, 6.07) is 3.21. The second-order valence-electron chi connectivity index (χ2n) is 2.64. The predicted molar refractivity (Wildman–Crippen MR) is 53.1 cm³/mol. The summed E-state index contributed by atoms with van der Waals surface area (Å²) in [5, 5.41) is 2.86. The van der Waals surface area contributed by atoms with Crippen LogP contribution in [-0.4, -0.2) is 24.0 Å². The van der Waals surface area contributed by atoms with Crippen molar-refractivity contribution in [2.45, 2.75) is 6.54 Å². The van der Waals surface area contributed by atoms with Gasteiger partial charge in [0.2, 0.25) is 0 Å². The van der Waals surface area contributed by atoms with E-state index in [1.165, 1.54) is 6.20 Å². The van der Waals surface area contributed by atoms with Gasteiger partial charge in [-0.2, -0.15) is 0 Å². The average molecular weight is 229 g/mol. The minimum absolute atomic E-state index is 0.133. The summed E-state index contributed by atoms with van der Waals surface area (Å²) in [7, 11) is 1.14. The number of carbonyl (C=O) groups is 2. The lowest BCUT2D eigenvalue weighted by atomic mass is 10.3. The monoisotopic (exact) mass is 228 g/mol. The average Bonchev–Trinajstić information content (AvgIpc) is 2.25. The van der Waals surface area contributed by atoms with Crippen LogP contribution in [0.5, 0.6) is 0 Å². The van der Waals surface area contributed by atoms with Crippen molar-refractivity contribution in [3.05, 3.63) is 29.0 Å². The maximum absolute atomic E-state index is 11.0. The quantitative estimate of drug-likeness (QED) is 0.592. The molecule has 0 atom stereocenters. The van der Waals surface area contributed by atoms with Crippen LogP contribution in [0.3, 0.4) is 0 Å². The SMILES string of the molecule is COC(=O)C(=O)NCc1cc(Cl)ccn1. The van der Waals surface area contributed by atoms with Crippen LogP contribution in [-0.2, 0) is 20.9 Å². The predicted octanol–water partition coefficient (Wildman–Crippen LogP) is 0.524. The minimum Gasteiger partial charge on any atom is -0.462 e. The molecule has 80 valence electrons. The topological polar surface area (TPSA) is 68.3 Å². The molecule has 0 saturated heterocycles. The summed E-state index contributed by atoms with van der Waals surface area (Å²) in [4.78, 5) is 25.7. The Morgan fingerprint density at radius 1 is 1.60 bits per heavy atom. The van der Waals surface area contributed by atoms with Gasteiger partial charge in [-0.3, -0.25) is 9.78 Å². The Balaban J connectivity index is 2.50. The lowest BCUT2D eigenvalue weighted by Gasteiger charge is -2.02. The van der Waals surface area contributed by atoms with E-state index in [1.54, 1.807) is 12.1 Å². The number of esters is 1. The Kier molecular flexibility index (Phi) is 4.05. The highest BCUT2D eigenvalue weighted by Gasteiger charge is 2.12. The summed E-state index contributed by atoms with van der Waals surface area (Å²) in [6.07, 6.45) is 1.52. The summed E-state index contributed by atoms with van der Waals surface area (Å²) in [6.45, 7) is 0.133. The van der Waals surface area contributed by atoms with Gasteiger partial charge in [0.05, 0.1) is 19.3 Å². The first kappa shape index (κ1) is 11.5. The molecule has 15 heavy (non-hydrogen) atoms. The van der Waals surface area contributed by atoms with Crippen molar-refractivity contribution < 1.29 is 14.3 Å². The van der Waals surface area contributed by atoms with Crippen LogP contribution in [0.15, 0.2) is 18.3 Å². The van der Waals surface area contributed by atoms with Gasteiger partial charge >= 0.3 is 11.9 Å². The third-order valence-electron chi connectivity index (χ3n) is 1.58. The van der Waals surface area contributed by atoms with Crippen LogP contribution in [0.4, 0.5) is 0 Å². The van der Waals surface area contributed by atoms with Crippen molar-refractivity contribution in [3.8, 4) is 0 Å². The standard InChI is InChI=1S/C9H9ClN2O3/c1-15-9(14)8(13)12-5-7-4-6(10)2-3-11-7/h2-4H,5H2,1H3,(H,12,13). The number of carbonyl (C=O) groups excluding carboxylic acids is 2. The molecule has 0 saturated carbocycles. The molecule has 1 aromatic rings. The number of hydrogen-bond donors (Lipinski definition) is 1. The lowest BCUT2D eigenvalue weighted by Crippen LogP contribution is -2.31. The van der Waals surface area contributed by atoms with Crippen LogP contribution in [0.2, 0.25) is 5.02 Å². The van der Waals surface area contributed by atoms with Gasteiger partial charge in [-0.1, -0.05) is 11.6 Å². The molecule has 0 aromatic carbocycles. The summed E-state index contributed by atoms with van der Waals surface area (Å²) in [5.41, 5.74) is 0.569. The molecule has 1 N–H and O–H groups in total. The molecule has 0 fully saturated rings. The highest BCUT2D eigenvalue weighted by molar-refractivity contribution is 6.32. The second kappa shape index (κ2) is 5.31. The minimum atomic E-state index is -0.933. The molecule has 0 aliphatic rings. The molecule has 1 aromatic heterocycles. The van der Waals surface area contributed by atoms with Gasteiger partial charge in [0.15, 0.2) is 0 Å². The van der Waals surface area contributed by atoms with E-state index in [-0.39, 0.29) is 6.54 Å². The zero-order valence-corrected chi connectivity index (χ0v) is 8.75. The van der Waals surface area contributed by atoms with E-state index in [4.69, 9.17) is 11.6 Å². The summed E-state index contributed by atoms with van der Waals surface area (Å²) < 4.78 is 4.23. The molecule has 1 amide bonds. The van der Waals surface area contributed by atoms with Gasteiger partial charge in [-0.05, 0) is 12.1 Å². The van der Waals surface area contributed by atoms with E-state index in [2.05, 4.69) is 15.0 Å². The third kappa shape index (κ3) is 3.55. The fraction of sp³-hybridized carbons (Fsp3) is 0.222. The molecular weight excluding hydrogens is 220 g/mol. The molecule has 0 unspecified atom stereocenters. The van der Waals surface area contributed by atoms with Crippen molar-refractivity contribution in [1.82, 2.24) is 10.3 Å². The first-order chi connectivity index (χ1) is 7.13. The van der Waals surface area contributed by atoms with Crippen molar-refractivity contribution in [2.24, 2.45) is 0 Å². The molecule has 5 nitrogen and oxygen atoms in total. The first-order valence-corrected chi connectivity index (χ1v) is 4.48. The molecule has 1 heterocycles. The van der Waals surface area contributed by atoms with Crippen molar-refractivity contribution in [1.29, 1.82) is 0 Å². The highest BCUT2D eigenvalue weighted by Crippen LogP contribution is 2.07. The van der Waals surface area contributed by atoms with Gasteiger partial charge in [0.1, 0.15) is 0 Å². The fourth-order valence-electron chi connectivity index (χ4n) is 0.881. The number of ether oxygens (including phenoxy) is 1. The van der Waals surface area contributed by atoms with Crippen molar-refractivity contribution >= 4 is 23.5 Å². The first-order valence-electron chi connectivity index (χ1n) is 4.10. The van der Waals surface area contributed by atoms with Crippen LogP contribution in [0.1, 0.15) is 5.69 Å². The number of nitrogens with one attached hydrogen (secondary N) is 1. The molecule has 0 bridgehead atoms. The Morgan fingerprint density at radius 2 is 2.33 bits per heavy atom. The highest BCUT2D eigenvalue weighted by atomic mass is 35.5. The van der Waals surface area contributed by atoms with Gasteiger partial charge < -0.3 is 10.1 Å². The Labute approximate surface area is 91.4 Å². The summed E-state index contributed by atoms with van der Waals surface area (Å²) in [5.74, 6) is -1.74. The second-order valence-corrected chi connectivity index (χ2v) is 3.08. The normalized spacial score (nSPS) is 9.47. The zero-order chi connectivity index (χ0) is 11.3.